The minimum atomic E-state index is 0.368. The molecule has 0 heterocycles. The van der Waals surface area contributed by atoms with Crippen molar-refractivity contribution in [1.29, 1.82) is 0 Å². The van der Waals surface area contributed by atoms with Crippen LogP contribution in [0.5, 0.6) is 0 Å². The van der Waals surface area contributed by atoms with Crippen molar-refractivity contribution in [2.75, 3.05) is 0 Å². The van der Waals surface area contributed by atoms with E-state index in [9.17, 15) is 4.79 Å². The molecule has 0 bridgehead atoms. The van der Waals surface area contributed by atoms with Gasteiger partial charge in [-0.15, -0.1) is 0 Å². The Kier molecular flexibility index (Phi) is 2.47. The summed E-state index contributed by atoms with van der Waals surface area (Å²) in [5.74, 6) is 1.65. The molecule has 10 heavy (non-hydrogen) atoms. The van der Waals surface area contributed by atoms with Gasteiger partial charge in [-0.2, -0.15) is 0 Å². The van der Waals surface area contributed by atoms with Crippen LogP contribution in [0.15, 0.2) is 0 Å². The van der Waals surface area contributed by atoms with Crippen LogP contribution in [0.4, 0.5) is 0 Å². The number of carbonyl (C=O) groups is 1. The molecule has 0 aliphatic heterocycles. The first kappa shape index (κ1) is 7.77. The Labute approximate surface area is 62.8 Å². The summed E-state index contributed by atoms with van der Waals surface area (Å²) in [6.07, 6.45) is 4.92. The molecule has 0 N–H and O–H groups in total. The predicted octanol–water partition coefficient (Wildman–Crippen LogP) is 2.40. The third-order valence-corrected chi connectivity index (χ3v) is 2.38. The lowest BCUT2D eigenvalue weighted by molar-refractivity contribution is -0.121. The van der Waals surface area contributed by atoms with Gasteiger partial charge in [0.15, 0.2) is 0 Å². The van der Waals surface area contributed by atoms with Crippen LogP contribution in [0, 0.1) is 11.8 Å². The monoisotopic (exact) mass is 140 g/mol. The number of ketones is 1. The molecule has 0 aromatic rings. The minimum Gasteiger partial charge on any atom is -0.300 e. The fraction of sp³-hybridized carbons (Fsp3) is 0.889. The van der Waals surface area contributed by atoms with Gasteiger partial charge in [-0.3, -0.25) is 4.79 Å². The zero-order valence-electron chi connectivity index (χ0n) is 6.89. The van der Waals surface area contributed by atoms with E-state index >= 15 is 0 Å². The summed E-state index contributed by atoms with van der Waals surface area (Å²) in [6.45, 7) is 3.82. The van der Waals surface area contributed by atoms with Crippen molar-refractivity contribution in [1.82, 2.24) is 0 Å². The molecule has 1 aliphatic rings. The second-order valence-electron chi connectivity index (χ2n) is 3.39. The number of hydrogen-bond acceptors (Lipinski definition) is 1. The molecule has 0 unspecified atom stereocenters. The van der Waals surface area contributed by atoms with Crippen LogP contribution in [-0.2, 0) is 4.79 Å². The van der Waals surface area contributed by atoms with Crippen LogP contribution in [0.2, 0.25) is 0 Å². The van der Waals surface area contributed by atoms with Gasteiger partial charge in [0.1, 0.15) is 5.78 Å². The lowest BCUT2D eigenvalue weighted by Gasteiger charge is -2.08. The molecule has 1 fully saturated rings. The number of rotatable bonds is 4. The summed E-state index contributed by atoms with van der Waals surface area (Å²) in [5.41, 5.74) is 0. The normalized spacial score (nSPS) is 20.6. The van der Waals surface area contributed by atoms with Gasteiger partial charge < -0.3 is 0 Å². The van der Waals surface area contributed by atoms with Crippen molar-refractivity contribution in [3.8, 4) is 0 Å². The van der Waals surface area contributed by atoms with Crippen molar-refractivity contribution in [3.05, 3.63) is 0 Å². The van der Waals surface area contributed by atoms with Gasteiger partial charge in [0.2, 0.25) is 0 Å². The Hall–Kier alpha value is -0.330. The second-order valence-corrected chi connectivity index (χ2v) is 3.39. The Morgan fingerprint density at radius 3 is 2.50 bits per heavy atom. The molecule has 1 nitrogen and oxygen atoms in total. The maximum atomic E-state index is 10.9. The lowest BCUT2D eigenvalue weighted by atomic mass is 9.96. The molecule has 1 saturated carbocycles. The van der Waals surface area contributed by atoms with E-state index in [1.54, 1.807) is 6.92 Å². The molecule has 0 saturated heterocycles. The Morgan fingerprint density at radius 1 is 1.60 bits per heavy atom. The third-order valence-electron chi connectivity index (χ3n) is 2.38. The van der Waals surface area contributed by atoms with Crippen molar-refractivity contribution >= 4 is 5.78 Å². The first-order chi connectivity index (χ1) is 4.74. The van der Waals surface area contributed by atoms with Crippen LogP contribution in [-0.4, -0.2) is 5.78 Å². The third kappa shape index (κ3) is 2.13. The molecule has 1 aliphatic carbocycles. The highest BCUT2D eigenvalue weighted by atomic mass is 16.1. The first-order valence-corrected chi connectivity index (χ1v) is 4.24. The van der Waals surface area contributed by atoms with E-state index in [4.69, 9.17) is 0 Å². The average Bonchev–Trinajstić information content (AvgIpc) is 2.64. The SMILES string of the molecule is CC[C@@H](CC1CC1)C(C)=O. The van der Waals surface area contributed by atoms with Crippen LogP contribution < -0.4 is 0 Å². The molecule has 1 heteroatoms. The topological polar surface area (TPSA) is 17.1 Å². The van der Waals surface area contributed by atoms with Crippen LogP contribution in [0.3, 0.4) is 0 Å². The second kappa shape index (κ2) is 3.18. The summed E-state index contributed by atoms with van der Waals surface area (Å²) in [5, 5.41) is 0. The average molecular weight is 140 g/mol. The van der Waals surface area contributed by atoms with Gasteiger partial charge in [-0.1, -0.05) is 19.8 Å². The van der Waals surface area contributed by atoms with Crippen LogP contribution in [0.1, 0.15) is 39.5 Å². The van der Waals surface area contributed by atoms with Crippen molar-refractivity contribution in [2.45, 2.75) is 39.5 Å². The number of hydrogen-bond donors (Lipinski definition) is 0. The highest BCUT2D eigenvalue weighted by Gasteiger charge is 2.26. The van der Waals surface area contributed by atoms with Crippen molar-refractivity contribution < 1.29 is 4.79 Å². The zero-order chi connectivity index (χ0) is 7.56. The summed E-state index contributed by atoms with van der Waals surface area (Å²) < 4.78 is 0. The smallest absolute Gasteiger partial charge is 0.132 e. The maximum Gasteiger partial charge on any atom is 0.132 e. The van der Waals surface area contributed by atoms with E-state index in [0.717, 1.165) is 18.8 Å². The number of Topliss-reactive ketones (excluding diaryl/α,β-unsaturated/α-hetero) is 1. The summed E-state index contributed by atoms with van der Waals surface area (Å²) in [6, 6.07) is 0. The maximum absolute atomic E-state index is 10.9. The quantitative estimate of drug-likeness (QED) is 0.586. The molecule has 1 rings (SSSR count). The van der Waals surface area contributed by atoms with Gasteiger partial charge >= 0.3 is 0 Å². The molecule has 0 spiro atoms. The fourth-order valence-corrected chi connectivity index (χ4v) is 1.38. The van der Waals surface area contributed by atoms with Crippen LogP contribution >= 0.6 is 0 Å². The largest absolute Gasteiger partial charge is 0.300 e. The van der Waals surface area contributed by atoms with E-state index in [-0.39, 0.29) is 0 Å². The summed E-state index contributed by atoms with van der Waals surface area (Å²) >= 11 is 0. The lowest BCUT2D eigenvalue weighted by Crippen LogP contribution is -2.09. The standard InChI is InChI=1S/C9H16O/c1-3-9(7(2)10)6-8-4-5-8/h8-9H,3-6H2,1-2H3/t9-/m0/s1. The Morgan fingerprint density at radius 2 is 2.20 bits per heavy atom. The highest BCUT2D eigenvalue weighted by molar-refractivity contribution is 5.78. The number of carbonyl (C=O) groups excluding carboxylic acids is 1. The van der Waals surface area contributed by atoms with Gasteiger partial charge in [0.25, 0.3) is 0 Å². The van der Waals surface area contributed by atoms with E-state index in [1.807, 2.05) is 0 Å². The molecule has 1 atom stereocenters. The minimum absolute atomic E-state index is 0.368. The zero-order valence-corrected chi connectivity index (χ0v) is 6.89. The molecule has 0 amide bonds. The van der Waals surface area contributed by atoms with Crippen molar-refractivity contribution in [2.24, 2.45) is 11.8 Å². The van der Waals surface area contributed by atoms with Crippen molar-refractivity contribution in [3.63, 3.8) is 0 Å². The molecule has 0 radical (unpaired) electrons. The fourth-order valence-electron chi connectivity index (χ4n) is 1.38. The van der Waals surface area contributed by atoms with Gasteiger partial charge in [-0.25, -0.2) is 0 Å². The van der Waals surface area contributed by atoms with Gasteiger partial charge in [-0.05, 0) is 25.7 Å². The molecule has 0 aromatic carbocycles. The Balaban J connectivity index is 2.24. The van der Waals surface area contributed by atoms with Gasteiger partial charge in [0, 0.05) is 5.92 Å². The molecular weight excluding hydrogens is 124 g/mol. The van der Waals surface area contributed by atoms with E-state index in [0.29, 0.717) is 11.7 Å². The first-order valence-electron chi connectivity index (χ1n) is 4.24. The molecule has 0 aromatic heterocycles. The van der Waals surface area contributed by atoms with Crippen LogP contribution in [0.25, 0.3) is 0 Å². The van der Waals surface area contributed by atoms with E-state index in [1.165, 1.54) is 12.8 Å². The molecule has 58 valence electrons. The predicted molar refractivity (Wildman–Crippen MR) is 41.8 cm³/mol. The summed E-state index contributed by atoms with van der Waals surface area (Å²) in [7, 11) is 0. The summed E-state index contributed by atoms with van der Waals surface area (Å²) in [4.78, 5) is 10.9. The van der Waals surface area contributed by atoms with E-state index in [2.05, 4.69) is 6.92 Å². The highest BCUT2D eigenvalue weighted by Crippen LogP contribution is 2.36. The molecular formula is C9H16O. The Bertz CT molecular complexity index is 125. The van der Waals surface area contributed by atoms with Gasteiger partial charge in [0.05, 0.1) is 0 Å². The van der Waals surface area contributed by atoms with E-state index < -0.39 is 0 Å².